The first-order valence-corrected chi connectivity index (χ1v) is 8.66. The second kappa shape index (κ2) is 8.39. The first-order chi connectivity index (χ1) is 13.8. The molecule has 0 spiro atoms. The highest BCUT2D eigenvalue weighted by atomic mass is 19.4. The van der Waals surface area contributed by atoms with Gasteiger partial charge in [-0.1, -0.05) is 42.5 Å². The number of benzene rings is 3. The van der Waals surface area contributed by atoms with Crippen LogP contribution in [-0.4, -0.2) is 12.0 Å². The third-order valence-electron chi connectivity index (χ3n) is 4.34. The SMILES string of the molecule is O=C(C/C(=C(/c1ccccc1)c1ccc(F)cc1)C(F)(F)F)c1ccc(F)cc1. The predicted octanol–water partition coefficient (Wildman–Crippen LogP) is 6.60. The van der Waals surface area contributed by atoms with Crippen LogP contribution in [0.3, 0.4) is 0 Å². The fourth-order valence-electron chi connectivity index (χ4n) is 2.97. The molecule has 3 aromatic carbocycles. The Labute approximate surface area is 164 Å². The molecule has 6 heteroatoms. The minimum Gasteiger partial charge on any atom is -0.294 e. The summed E-state index contributed by atoms with van der Waals surface area (Å²) in [4.78, 5) is 12.5. The van der Waals surface area contributed by atoms with Gasteiger partial charge >= 0.3 is 6.18 Å². The van der Waals surface area contributed by atoms with Crippen molar-refractivity contribution in [2.24, 2.45) is 0 Å². The Morgan fingerprint density at radius 1 is 0.655 bits per heavy atom. The molecule has 0 aliphatic heterocycles. The van der Waals surface area contributed by atoms with Crippen LogP contribution in [0.25, 0.3) is 5.57 Å². The molecule has 3 aromatic rings. The highest BCUT2D eigenvalue weighted by Gasteiger charge is 2.38. The fraction of sp³-hybridized carbons (Fsp3) is 0.0870. The van der Waals surface area contributed by atoms with Crippen LogP contribution in [0.5, 0.6) is 0 Å². The summed E-state index contributed by atoms with van der Waals surface area (Å²) in [5.74, 6) is -1.98. The van der Waals surface area contributed by atoms with Gasteiger partial charge in [-0.2, -0.15) is 13.2 Å². The number of carbonyl (C=O) groups excluding carboxylic acids is 1. The standard InChI is InChI=1S/C23H15F5O/c24-18-10-6-15(7-11-18)21(29)14-20(23(26,27)28)22(16-4-2-1-3-5-16)17-8-12-19(25)13-9-17/h1-13H,14H2/b22-20+. The topological polar surface area (TPSA) is 17.1 Å². The van der Waals surface area contributed by atoms with Crippen LogP contribution in [-0.2, 0) is 0 Å². The van der Waals surface area contributed by atoms with Crippen molar-refractivity contribution in [1.82, 2.24) is 0 Å². The Morgan fingerprint density at radius 3 is 1.59 bits per heavy atom. The summed E-state index contributed by atoms with van der Waals surface area (Å²) in [6.07, 6.45) is -5.74. The lowest BCUT2D eigenvalue weighted by Crippen LogP contribution is -2.18. The van der Waals surface area contributed by atoms with Gasteiger partial charge in [0.1, 0.15) is 11.6 Å². The van der Waals surface area contributed by atoms with Gasteiger partial charge in [-0.15, -0.1) is 0 Å². The average Bonchev–Trinajstić information content (AvgIpc) is 2.69. The number of hydrogen-bond donors (Lipinski definition) is 0. The molecule has 0 unspecified atom stereocenters. The predicted molar refractivity (Wildman–Crippen MR) is 100 cm³/mol. The highest BCUT2D eigenvalue weighted by molar-refractivity contribution is 5.99. The molecule has 0 fully saturated rings. The minimum absolute atomic E-state index is 0.0281. The van der Waals surface area contributed by atoms with E-state index in [0.717, 1.165) is 36.4 Å². The Bertz CT molecular complexity index is 1020. The fourth-order valence-corrected chi connectivity index (χ4v) is 2.97. The van der Waals surface area contributed by atoms with Gasteiger partial charge in [0.25, 0.3) is 0 Å². The monoisotopic (exact) mass is 402 g/mol. The van der Waals surface area contributed by atoms with Crippen LogP contribution < -0.4 is 0 Å². The van der Waals surface area contributed by atoms with Crippen molar-refractivity contribution in [2.75, 3.05) is 0 Å². The molecule has 148 valence electrons. The molecule has 0 atom stereocenters. The maximum Gasteiger partial charge on any atom is 0.413 e. The smallest absolute Gasteiger partial charge is 0.294 e. The van der Waals surface area contributed by atoms with Gasteiger partial charge in [0.15, 0.2) is 5.78 Å². The lowest BCUT2D eigenvalue weighted by Gasteiger charge is -2.19. The third-order valence-corrected chi connectivity index (χ3v) is 4.34. The van der Waals surface area contributed by atoms with E-state index in [-0.39, 0.29) is 22.3 Å². The maximum absolute atomic E-state index is 14.0. The summed E-state index contributed by atoms with van der Waals surface area (Å²) in [6, 6.07) is 16.7. The van der Waals surface area contributed by atoms with Crippen molar-refractivity contribution in [2.45, 2.75) is 12.6 Å². The lowest BCUT2D eigenvalue weighted by atomic mass is 9.89. The van der Waals surface area contributed by atoms with Gasteiger partial charge in [-0.05, 0) is 53.1 Å². The third kappa shape index (κ3) is 4.96. The van der Waals surface area contributed by atoms with Gasteiger partial charge in [-0.25, -0.2) is 8.78 Å². The van der Waals surface area contributed by atoms with Gasteiger partial charge in [0, 0.05) is 17.6 Å². The Balaban J connectivity index is 2.17. The zero-order chi connectivity index (χ0) is 21.0. The molecule has 0 N–H and O–H groups in total. The van der Waals surface area contributed by atoms with E-state index in [0.29, 0.717) is 0 Å². The van der Waals surface area contributed by atoms with Crippen LogP contribution in [0.15, 0.2) is 84.4 Å². The van der Waals surface area contributed by atoms with Gasteiger partial charge in [0.05, 0.1) is 0 Å². The zero-order valence-electron chi connectivity index (χ0n) is 15.0. The first-order valence-electron chi connectivity index (χ1n) is 8.66. The molecule has 3 rings (SSSR count). The maximum atomic E-state index is 14.0. The van der Waals surface area contributed by atoms with Crippen molar-refractivity contribution < 1.29 is 26.7 Å². The zero-order valence-corrected chi connectivity index (χ0v) is 15.0. The molecule has 0 heterocycles. The summed E-state index contributed by atoms with van der Waals surface area (Å²) in [6.45, 7) is 0. The molecule has 0 saturated heterocycles. The van der Waals surface area contributed by atoms with Crippen LogP contribution in [0.4, 0.5) is 22.0 Å². The van der Waals surface area contributed by atoms with Crippen LogP contribution >= 0.6 is 0 Å². The van der Waals surface area contributed by atoms with E-state index in [2.05, 4.69) is 0 Å². The first kappa shape index (κ1) is 20.5. The van der Waals surface area contributed by atoms with Gasteiger partial charge < -0.3 is 0 Å². The van der Waals surface area contributed by atoms with Crippen molar-refractivity contribution in [3.05, 3.63) is 113 Å². The quantitative estimate of drug-likeness (QED) is 0.347. The van der Waals surface area contributed by atoms with Crippen LogP contribution in [0.2, 0.25) is 0 Å². The second-order valence-electron chi connectivity index (χ2n) is 6.33. The van der Waals surface area contributed by atoms with Gasteiger partial charge in [0.2, 0.25) is 0 Å². The van der Waals surface area contributed by atoms with E-state index in [9.17, 15) is 26.7 Å². The van der Waals surface area contributed by atoms with Crippen molar-refractivity contribution in [3.8, 4) is 0 Å². The summed E-state index contributed by atoms with van der Waals surface area (Å²) < 4.78 is 68.5. The molecule has 29 heavy (non-hydrogen) atoms. The summed E-state index contributed by atoms with van der Waals surface area (Å²) in [5.41, 5.74) is -0.895. The molecule has 0 aliphatic rings. The average molecular weight is 402 g/mol. The number of ketones is 1. The molecule has 0 amide bonds. The number of allylic oxidation sites excluding steroid dienone is 1. The molecule has 0 aromatic heterocycles. The summed E-state index contributed by atoms with van der Waals surface area (Å²) in [5, 5.41) is 0. The number of hydrogen-bond acceptors (Lipinski definition) is 1. The minimum atomic E-state index is -4.81. The van der Waals surface area contributed by atoms with Gasteiger partial charge in [-0.3, -0.25) is 4.79 Å². The Hall–Kier alpha value is -3.28. The molecular weight excluding hydrogens is 387 g/mol. The molecule has 0 bridgehead atoms. The lowest BCUT2D eigenvalue weighted by molar-refractivity contribution is -0.0925. The van der Waals surface area contributed by atoms with E-state index in [1.165, 1.54) is 24.3 Å². The molecular formula is C23H15F5O. The molecule has 0 aliphatic carbocycles. The van der Waals surface area contributed by atoms with Crippen molar-refractivity contribution >= 4 is 11.4 Å². The number of halogens is 5. The van der Waals surface area contributed by atoms with E-state index in [1.807, 2.05) is 0 Å². The van der Waals surface area contributed by atoms with E-state index >= 15 is 0 Å². The summed E-state index contributed by atoms with van der Waals surface area (Å²) >= 11 is 0. The number of rotatable bonds is 5. The number of carbonyl (C=O) groups is 1. The summed E-state index contributed by atoms with van der Waals surface area (Å²) in [7, 11) is 0. The largest absolute Gasteiger partial charge is 0.413 e. The van der Waals surface area contributed by atoms with E-state index in [1.54, 1.807) is 18.2 Å². The molecule has 1 nitrogen and oxygen atoms in total. The number of Topliss-reactive ketones (excluding diaryl/α,β-unsaturated/α-hetero) is 1. The Morgan fingerprint density at radius 2 is 1.10 bits per heavy atom. The molecule has 0 radical (unpaired) electrons. The number of alkyl halides is 3. The van der Waals surface area contributed by atoms with Crippen molar-refractivity contribution in [3.63, 3.8) is 0 Å². The van der Waals surface area contributed by atoms with E-state index < -0.39 is 35.6 Å². The van der Waals surface area contributed by atoms with Crippen LogP contribution in [0.1, 0.15) is 27.9 Å². The Kier molecular flexibility index (Phi) is 5.92. The molecule has 0 saturated carbocycles. The second-order valence-corrected chi connectivity index (χ2v) is 6.33. The normalized spacial score (nSPS) is 12.4. The highest BCUT2D eigenvalue weighted by Crippen LogP contribution is 2.39. The van der Waals surface area contributed by atoms with Crippen LogP contribution in [0, 0.1) is 11.6 Å². The van der Waals surface area contributed by atoms with E-state index in [4.69, 9.17) is 0 Å². The van der Waals surface area contributed by atoms with Crippen molar-refractivity contribution in [1.29, 1.82) is 0 Å².